The Bertz CT molecular complexity index is 2330. The van der Waals surface area contributed by atoms with Gasteiger partial charge in [0.05, 0.1) is 0 Å². The molecular weight excluding hydrogens is 585 g/mol. The van der Waals surface area contributed by atoms with Crippen LogP contribution in [0.3, 0.4) is 0 Å². The van der Waals surface area contributed by atoms with Gasteiger partial charge in [0.25, 0.3) is 0 Å². The Balaban J connectivity index is 1.48. The molecule has 0 amide bonds. The number of furan rings is 1. The molecule has 2 heteroatoms. The molecule has 0 radical (unpaired) electrons. The summed E-state index contributed by atoms with van der Waals surface area (Å²) < 4.78 is 6.98. The Kier molecular flexibility index (Phi) is 6.35. The zero-order valence-corrected chi connectivity index (χ0v) is 26.7. The lowest BCUT2D eigenvalue weighted by Crippen LogP contribution is -2.74. The van der Waals surface area contributed by atoms with Crippen LogP contribution in [0.1, 0.15) is 28.2 Å². The van der Waals surface area contributed by atoms with E-state index in [0.29, 0.717) is 0 Å². The molecule has 0 unspecified atom stereocenters. The number of terminal acetylenes is 1. The van der Waals surface area contributed by atoms with E-state index >= 15 is 0 Å². The molecule has 0 saturated carbocycles. The second-order valence-corrected chi connectivity index (χ2v) is 16.1. The molecule has 0 atom stereocenters. The normalized spacial score (nSPS) is 12.6. The Labute approximate surface area is 275 Å². The summed E-state index contributed by atoms with van der Waals surface area (Å²) in [6.45, 7) is 0. The highest BCUT2D eigenvalue weighted by molar-refractivity contribution is 7.20. The van der Waals surface area contributed by atoms with Crippen LogP contribution in [0.25, 0.3) is 33.1 Å². The van der Waals surface area contributed by atoms with E-state index in [1.54, 1.807) is 0 Å². The van der Waals surface area contributed by atoms with Gasteiger partial charge < -0.3 is 4.42 Å². The van der Waals surface area contributed by atoms with Crippen molar-refractivity contribution in [1.82, 2.24) is 0 Å². The first-order chi connectivity index (χ1) is 23.3. The summed E-state index contributed by atoms with van der Waals surface area (Å²) in [5.41, 5.74) is 9.17. The third-order valence-corrected chi connectivity index (χ3v) is 14.7. The van der Waals surface area contributed by atoms with Gasteiger partial charge in [0.2, 0.25) is 0 Å². The minimum Gasteiger partial charge on any atom is -0.456 e. The minimum atomic E-state index is -2.95. The van der Waals surface area contributed by atoms with Crippen LogP contribution in [0.4, 0.5) is 0 Å². The van der Waals surface area contributed by atoms with Crippen LogP contribution in [-0.4, -0.2) is 8.07 Å². The first-order valence-electron chi connectivity index (χ1n) is 16.1. The molecule has 0 spiro atoms. The van der Waals surface area contributed by atoms with Crippen molar-refractivity contribution in [3.63, 3.8) is 0 Å². The largest absolute Gasteiger partial charge is 0.456 e. The topological polar surface area (TPSA) is 13.1 Å². The van der Waals surface area contributed by atoms with E-state index < -0.39 is 8.07 Å². The average molecular weight is 615 g/mol. The zero-order valence-electron chi connectivity index (χ0n) is 25.7. The van der Waals surface area contributed by atoms with E-state index in [1.165, 1.54) is 48.6 Å². The van der Waals surface area contributed by atoms with Gasteiger partial charge in [-0.3, -0.25) is 0 Å². The quantitative estimate of drug-likeness (QED) is 0.108. The maximum atomic E-state index is 6.98. The summed E-state index contributed by atoms with van der Waals surface area (Å²) in [5.74, 6) is 2.94. The Morgan fingerprint density at radius 3 is 1.55 bits per heavy atom. The highest BCUT2D eigenvalue weighted by Crippen LogP contribution is 2.48. The van der Waals surface area contributed by atoms with Gasteiger partial charge in [-0.2, -0.15) is 0 Å². The fourth-order valence-corrected chi connectivity index (χ4v) is 12.9. The van der Waals surface area contributed by atoms with Crippen LogP contribution in [0.2, 0.25) is 0 Å². The standard InChI is InChI=1S/C45H30OSi/c1-2-31-26-27-42-40(28-31)41-29-32(44-38-24-14-12-22-36(38)37-23-13-15-25-39(37)44)30-43(45(41)46-42)47(33-16-6-3-7-17-33,34-18-8-4-9-19-34)35-20-10-5-11-21-35/h1,3-30,44H. The lowest BCUT2D eigenvalue weighted by Gasteiger charge is -2.35. The van der Waals surface area contributed by atoms with Crippen LogP contribution in [-0.2, 0) is 0 Å². The summed E-state index contributed by atoms with van der Waals surface area (Å²) in [6, 6.07) is 61.9. The number of hydrogen-bond donors (Lipinski definition) is 0. The van der Waals surface area contributed by atoms with Crippen molar-refractivity contribution in [2.24, 2.45) is 0 Å². The van der Waals surface area contributed by atoms with E-state index in [0.717, 1.165) is 27.5 Å². The third kappa shape index (κ3) is 4.11. The molecule has 47 heavy (non-hydrogen) atoms. The lowest BCUT2D eigenvalue weighted by molar-refractivity contribution is 0.671. The molecule has 1 aliphatic rings. The fourth-order valence-electron chi connectivity index (χ4n) is 7.98. The predicted molar refractivity (Wildman–Crippen MR) is 198 cm³/mol. The summed E-state index contributed by atoms with van der Waals surface area (Å²) in [5, 5.41) is 7.34. The summed E-state index contributed by atoms with van der Waals surface area (Å²) in [4.78, 5) is 0. The van der Waals surface area contributed by atoms with Gasteiger partial charge in [-0.05, 0) is 72.8 Å². The van der Waals surface area contributed by atoms with E-state index in [9.17, 15) is 0 Å². The molecule has 8 aromatic rings. The Morgan fingerprint density at radius 1 is 0.511 bits per heavy atom. The van der Waals surface area contributed by atoms with Crippen LogP contribution < -0.4 is 20.7 Å². The van der Waals surface area contributed by atoms with Crippen molar-refractivity contribution in [2.45, 2.75) is 5.92 Å². The molecule has 0 N–H and O–H groups in total. The molecule has 0 saturated heterocycles. The predicted octanol–water partition coefficient (Wildman–Crippen LogP) is 8.11. The molecule has 220 valence electrons. The van der Waals surface area contributed by atoms with Crippen molar-refractivity contribution in [3.05, 3.63) is 192 Å². The monoisotopic (exact) mass is 614 g/mol. The second-order valence-electron chi connectivity index (χ2n) is 12.4. The van der Waals surface area contributed by atoms with Gasteiger partial charge in [-0.15, -0.1) is 6.42 Å². The molecule has 7 aromatic carbocycles. The van der Waals surface area contributed by atoms with Crippen LogP contribution >= 0.6 is 0 Å². The van der Waals surface area contributed by atoms with Crippen LogP contribution in [0.5, 0.6) is 0 Å². The van der Waals surface area contributed by atoms with Gasteiger partial charge in [0.1, 0.15) is 11.2 Å². The minimum absolute atomic E-state index is 0.0836. The molecule has 1 aliphatic carbocycles. The van der Waals surface area contributed by atoms with Gasteiger partial charge in [-0.25, -0.2) is 0 Å². The first kappa shape index (κ1) is 27.4. The van der Waals surface area contributed by atoms with Gasteiger partial charge >= 0.3 is 0 Å². The van der Waals surface area contributed by atoms with Crippen LogP contribution in [0.15, 0.2) is 174 Å². The molecule has 0 aliphatic heterocycles. The number of fused-ring (bicyclic) bond motifs is 6. The highest BCUT2D eigenvalue weighted by Gasteiger charge is 2.44. The van der Waals surface area contributed by atoms with Crippen LogP contribution in [0, 0.1) is 12.3 Å². The van der Waals surface area contributed by atoms with E-state index in [2.05, 4.69) is 164 Å². The van der Waals surface area contributed by atoms with Gasteiger partial charge in [-0.1, -0.05) is 152 Å². The van der Waals surface area contributed by atoms with Crippen molar-refractivity contribution in [3.8, 4) is 23.5 Å². The molecule has 1 aromatic heterocycles. The number of rotatable bonds is 5. The summed E-state index contributed by atoms with van der Waals surface area (Å²) in [6.07, 6.45) is 5.94. The van der Waals surface area contributed by atoms with Crippen molar-refractivity contribution >= 4 is 50.8 Å². The van der Waals surface area contributed by atoms with Crippen molar-refractivity contribution < 1.29 is 4.42 Å². The first-order valence-corrected chi connectivity index (χ1v) is 18.1. The summed E-state index contributed by atoms with van der Waals surface area (Å²) in [7, 11) is -2.95. The molecule has 1 heterocycles. The fraction of sp³-hybridized carbons (Fsp3) is 0.0222. The van der Waals surface area contributed by atoms with Crippen molar-refractivity contribution in [1.29, 1.82) is 0 Å². The molecule has 9 rings (SSSR count). The Morgan fingerprint density at radius 2 is 1.02 bits per heavy atom. The summed E-state index contributed by atoms with van der Waals surface area (Å²) >= 11 is 0. The Hall–Kier alpha value is -5.88. The maximum Gasteiger partial charge on any atom is 0.184 e. The zero-order chi connectivity index (χ0) is 31.4. The lowest BCUT2D eigenvalue weighted by atomic mass is 9.88. The molecule has 0 bridgehead atoms. The average Bonchev–Trinajstić information content (AvgIpc) is 3.69. The smallest absolute Gasteiger partial charge is 0.184 e. The third-order valence-electron chi connectivity index (χ3n) is 9.95. The number of benzene rings is 7. The van der Waals surface area contributed by atoms with E-state index in [4.69, 9.17) is 10.8 Å². The SMILES string of the molecule is C#Cc1ccc2oc3c([Si](c4ccccc4)(c4ccccc4)c4ccccc4)cc(C4c5ccccc5-c5ccccc54)cc3c2c1. The van der Waals surface area contributed by atoms with Crippen molar-refractivity contribution in [2.75, 3.05) is 0 Å². The second kappa shape index (κ2) is 10.9. The highest BCUT2D eigenvalue weighted by atomic mass is 28.3. The van der Waals surface area contributed by atoms with E-state index in [1.807, 2.05) is 12.1 Å². The molecule has 1 nitrogen and oxygen atoms in total. The molecular formula is C45H30OSi. The van der Waals surface area contributed by atoms with Gasteiger partial charge in [0, 0.05) is 22.3 Å². The van der Waals surface area contributed by atoms with E-state index in [-0.39, 0.29) is 5.92 Å². The van der Waals surface area contributed by atoms with Gasteiger partial charge in [0.15, 0.2) is 8.07 Å². The maximum absolute atomic E-state index is 6.98. The molecule has 0 fully saturated rings. The number of hydrogen-bond acceptors (Lipinski definition) is 1.